The van der Waals surface area contributed by atoms with Crippen LogP contribution < -0.4 is 10.6 Å². The van der Waals surface area contributed by atoms with Crippen LogP contribution in [0, 0.1) is 41.5 Å². The Hall–Kier alpha value is -5.20. The average Bonchev–Trinajstić information content (AvgIpc) is 3.59. The fourth-order valence-corrected chi connectivity index (χ4v) is 9.47. The van der Waals surface area contributed by atoms with E-state index in [2.05, 4.69) is 10.6 Å². The van der Waals surface area contributed by atoms with Gasteiger partial charge in [0.2, 0.25) is 23.6 Å². The van der Waals surface area contributed by atoms with Gasteiger partial charge in [0, 0.05) is 37.3 Å². The van der Waals surface area contributed by atoms with Crippen LogP contribution in [-0.4, -0.2) is 67.4 Å². The Kier molecular flexibility index (Phi) is 13.1. The number of unbranched alkanes of at least 4 members (excludes halogenated alkanes) is 1. The second-order valence-electron chi connectivity index (χ2n) is 14.4. The first-order valence-electron chi connectivity index (χ1n) is 18.8. The summed E-state index contributed by atoms with van der Waals surface area (Å²) in [6.07, 6.45) is 1.17. The van der Waals surface area contributed by atoms with E-state index in [1.54, 1.807) is 9.80 Å². The molecule has 2 fully saturated rings. The largest absolute Gasteiger partial charge is 0.326 e. The first-order chi connectivity index (χ1) is 26.9. The highest BCUT2D eigenvalue weighted by molar-refractivity contribution is 8.15. The minimum atomic E-state index is -0.621. The maximum Gasteiger partial charge on any atom is 0.242 e. The Morgan fingerprint density at radius 3 is 1.25 bits per heavy atom. The third-order valence-corrected chi connectivity index (χ3v) is 12.0. The van der Waals surface area contributed by atoms with Crippen LogP contribution in [-0.2, 0) is 19.2 Å². The number of thioether (sulfide) groups is 2. The molecule has 2 saturated heterocycles. The van der Waals surface area contributed by atoms with Gasteiger partial charge in [-0.05, 0) is 101 Å². The zero-order valence-corrected chi connectivity index (χ0v) is 34.4. The van der Waals surface area contributed by atoms with Gasteiger partial charge in [-0.3, -0.25) is 29.0 Å². The molecule has 2 aliphatic rings. The summed E-state index contributed by atoms with van der Waals surface area (Å²) in [5.74, 6) is -0.785. The normalized spacial score (nSPS) is 18.3. The summed E-state index contributed by atoms with van der Waals surface area (Å²) < 4.78 is 0. The first kappa shape index (κ1) is 40.5. The Labute approximate surface area is 337 Å². The maximum absolute atomic E-state index is 13.9. The van der Waals surface area contributed by atoms with Crippen LogP contribution in [0.25, 0.3) is 0 Å². The van der Waals surface area contributed by atoms with E-state index in [-0.39, 0.29) is 36.5 Å². The number of hydrogen-bond donors (Lipinski definition) is 2. The number of anilines is 2. The number of nitrogens with one attached hydrogen (secondary N) is 2. The van der Waals surface area contributed by atoms with E-state index in [9.17, 15) is 19.2 Å². The molecule has 0 bridgehead atoms. The molecular weight excluding hydrogens is 741 g/mol. The van der Waals surface area contributed by atoms with Gasteiger partial charge in [-0.15, -0.1) is 0 Å². The van der Waals surface area contributed by atoms with Crippen LogP contribution in [0.4, 0.5) is 22.7 Å². The molecule has 6 rings (SSSR count). The number of nitrogens with zero attached hydrogens (tertiary/aromatic N) is 4. The number of carbonyl (C=O) groups excluding carboxylic acids is 4. The second kappa shape index (κ2) is 18.2. The van der Waals surface area contributed by atoms with E-state index >= 15 is 0 Å². The summed E-state index contributed by atoms with van der Waals surface area (Å²) >= 11 is 2.61. The molecular formula is C44H48N6O4S2. The predicted octanol–water partition coefficient (Wildman–Crippen LogP) is 8.94. The highest BCUT2D eigenvalue weighted by Gasteiger charge is 2.41. The molecule has 2 heterocycles. The number of aryl methyl sites for hydroxylation is 6. The van der Waals surface area contributed by atoms with Crippen LogP contribution in [0.2, 0.25) is 0 Å². The van der Waals surface area contributed by atoms with Gasteiger partial charge in [0.15, 0.2) is 10.3 Å². The van der Waals surface area contributed by atoms with Gasteiger partial charge >= 0.3 is 0 Å². The Morgan fingerprint density at radius 1 is 0.571 bits per heavy atom. The topological polar surface area (TPSA) is 124 Å². The lowest BCUT2D eigenvalue weighted by atomic mass is 10.0. The van der Waals surface area contributed by atoms with Crippen molar-refractivity contribution >= 4 is 80.2 Å². The van der Waals surface area contributed by atoms with Crippen molar-refractivity contribution in [2.75, 3.05) is 23.7 Å². The van der Waals surface area contributed by atoms with Crippen LogP contribution in [0.1, 0.15) is 59.1 Å². The molecule has 0 radical (unpaired) electrons. The summed E-state index contributed by atoms with van der Waals surface area (Å²) in [6, 6.07) is 27.0. The molecule has 4 aromatic rings. The van der Waals surface area contributed by atoms with Crippen molar-refractivity contribution in [1.29, 1.82) is 0 Å². The molecule has 4 aromatic carbocycles. The third kappa shape index (κ3) is 9.96. The Morgan fingerprint density at radius 2 is 0.911 bits per heavy atom. The van der Waals surface area contributed by atoms with E-state index in [1.807, 2.05) is 126 Å². The smallest absolute Gasteiger partial charge is 0.242 e. The van der Waals surface area contributed by atoms with Gasteiger partial charge in [-0.25, -0.2) is 9.98 Å². The molecule has 2 N–H and O–H groups in total. The molecule has 290 valence electrons. The molecule has 56 heavy (non-hydrogen) atoms. The molecule has 0 aliphatic carbocycles. The third-order valence-electron chi connectivity index (χ3n) is 9.64. The number of amidine groups is 2. The molecule has 2 atom stereocenters. The Balaban J connectivity index is 1.13. The number of amides is 4. The summed E-state index contributed by atoms with van der Waals surface area (Å²) in [5.41, 5.74) is 9.12. The first-order valence-corrected chi connectivity index (χ1v) is 20.6. The quantitative estimate of drug-likeness (QED) is 0.131. The van der Waals surface area contributed by atoms with E-state index in [0.717, 1.165) is 44.8 Å². The number of aliphatic imine (C=N–C) groups is 2. The highest BCUT2D eigenvalue weighted by atomic mass is 32.2. The van der Waals surface area contributed by atoms with Crippen LogP contribution in [0.3, 0.4) is 0 Å². The molecule has 0 aromatic heterocycles. The van der Waals surface area contributed by atoms with E-state index < -0.39 is 10.5 Å². The maximum atomic E-state index is 13.9. The zero-order valence-electron chi connectivity index (χ0n) is 32.7. The lowest BCUT2D eigenvalue weighted by molar-refractivity contribution is -0.128. The second-order valence-corrected chi connectivity index (χ2v) is 16.8. The Bertz CT molecular complexity index is 1990. The predicted molar refractivity (Wildman–Crippen MR) is 230 cm³/mol. The van der Waals surface area contributed by atoms with E-state index in [4.69, 9.17) is 9.98 Å². The minimum Gasteiger partial charge on any atom is -0.326 e. The van der Waals surface area contributed by atoms with Gasteiger partial charge in [0.1, 0.15) is 10.5 Å². The summed E-state index contributed by atoms with van der Waals surface area (Å²) in [5, 5.41) is 5.93. The SMILES string of the molecule is Cc1cc(C)c(NC(=O)C[C@@H]2SC(=Nc3ccccc3)N(CCCCN3C(=O)[C@H](CC(=O)Nc4c(C)cc(C)cc4C)SC3=Nc3ccccc3)C2=O)c(C)c1. The van der Waals surface area contributed by atoms with Gasteiger partial charge in [-0.1, -0.05) is 95.3 Å². The molecule has 0 spiro atoms. The van der Waals surface area contributed by atoms with Crippen molar-refractivity contribution < 1.29 is 19.2 Å². The molecule has 2 aliphatic heterocycles. The van der Waals surface area contributed by atoms with Gasteiger partial charge in [0.25, 0.3) is 0 Å². The number of carbonyl (C=O) groups is 4. The number of rotatable bonds is 13. The fourth-order valence-electron chi connectivity index (χ4n) is 7.10. The number of hydrogen-bond acceptors (Lipinski definition) is 8. The van der Waals surface area contributed by atoms with Crippen molar-refractivity contribution in [3.8, 4) is 0 Å². The van der Waals surface area contributed by atoms with Crippen molar-refractivity contribution in [2.24, 2.45) is 9.98 Å². The highest BCUT2D eigenvalue weighted by Crippen LogP contribution is 2.35. The van der Waals surface area contributed by atoms with Crippen molar-refractivity contribution in [3.63, 3.8) is 0 Å². The van der Waals surface area contributed by atoms with Crippen LogP contribution in [0.5, 0.6) is 0 Å². The molecule has 4 amide bonds. The fraction of sp³-hybridized carbons (Fsp3) is 0.318. The summed E-state index contributed by atoms with van der Waals surface area (Å²) in [4.78, 5) is 67.3. The number of benzene rings is 4. The lowest BCUT2D eigenvalue weighted by Crippen LogP contribution is -2.36. The molecule has 0 saturated carbocycles. The standard InChI is InChI=1S/C44H48N6O4S2/c1-27-21-29(3)39(30(4)22-27)47-37(51)25-35-41(53)49(43(55-35)45-33-15-9-7-10-16-33)19-13-14-20-50-42(54)36(56-44(50)46-34-17-11-8-12-18-34)26-38(52)48-40-31(5)23-28(2)24-32(40)6/h7-12,15-18,21-24,35-36H,13-14,19-20,25-26H2,1-6H3,(H,47,51)(H,48,52)/t35-,36-/m0/s1. The van der Waals surface area contributed by atoms with Crippen LogP contribution in [0.15, 0.2) is 94.9 Å². The van der Waals surface area contributed by atoms with Crippen molar-refractivity contribution in [1.82, 2.24) is 9.80 Å². The lowest BCUT2D eigenvalue weighted by Gasteiger charge is -2.19. The monoisotopic (exact) mass is 788 g/mol. The van der Waals surface area contributed by atoms with Crippen LogP contribution >= 0.6 is 23.5 Å². The molecule has 10 nitrogen and oxygen atoms in total. The van der Waals surface area contributed by atoms with E-state index in [0.29, 0.717) is 47.6 Å². The molecule has 0 unspecified atom stereocenters. The number of para-hydroxylation sites is 2. The van der Waals surface area contributed by atoms with Gasteiger partial charge < -0.3 is 10.6 Å². The summed E-state index contributed by atoms with van der Waals surface area (Å²) in [6.45, 7) is 12.6. The minimum absolute atomic E-state index is 0.0113. The van der Waals surface area contributed by atoms with Crippen molar-refractivity contribution in [3.05, 3.63) is 118 Å². The summed E-state index contributed by atoms with van der Waals surface area (Å²) in [7, 11) is 0. The average molecular weight is 789 g/mol. The van der Waals surface area contributed by atoms with Gasteiger partial charge in [-0.2, -0.15) is 0 Å². The molecule has 12 heteroatoms. The van der Waals surface area contributed by atoms with Crippen molar-refractivity contribution in [2.45, 2.75) is 77.7 Å². The van der Waals surface area contributed by atoms with E-state index in [1.165, 1.54) is 23.5 Å². The van der Waals surface area contributed by atoms with Gasteiger partial charge in [0.05, 0.1) is 11.4 Å². The zero-order chi connectivity index (χ0) is 39.9.